The number of benzene rings is 1. The highest BCUT2D eigenvalue weighted by Gasteiger charge is 2.18. The van der Waals surface area contributed by atoms with Gasteiger partial charge in [-0.25, -0.2) is 0 Å². The first-order chi connectivity index (χ1) is 9.66. The minimum absolute atomic E-state index is 0.155. The monoisotopic (exact) mass is 276 g/mol. The molecular weight excluding hydrogens is 256 g/mol. The average molecular weight is 276 g/mol. The lowest BCUT2D eigenvalue weighted by molar-refractivity contribution is 0.0649. The molecular formula is C14H20N4O2. The molecule has 0 atom stereocenters. The molecule has 0 saturated carbocycles. The number of amides is 1. The number of ether oxygens (including phenoxy) is 1. The second-order valence-electron chi connectivity index (χ2n) is 4.69. The van der Waals surface area contributed by atoms with E-state index in [-0.39, 0.29) is 5.91 Å². The van der Waals surface area contributed by atoms with Gasteiger partial charge in [-0.2, -0.15) is 0 Å². The van der Waals surface area contributed by atoms with Gasteiger partial charge in [-0.15, -0.1) is 5.10 Å². The Kier molecular flexibility index (Phi) is 4.95. The highest BCUT2D eigenvalue weighted by Crippen LogP contribution is 2.02. The van der Waals surface area contributed by atoms with Crippen LogP contribution in [0.4, 0.5) is 0 Å². The standard InChI is InChI=1S/C14H20N4O2/c1-17(2)16-14(18-8-10-20-11-9-18)15-13(19)12-6-4-3-5-7-12/h3-7H,8-11H2,1-2H3,(H,15,16,19). The molecule has 6 nitrogen and oxygen atoms in total. The van der Waals surface area contributed by atoms with E-state index in [1.807, 2.05) is 37.2 Å². The number of rotatable bonds is 2. The minimum Gasteiger partial charge on any atom is -0.378 e. The van der Waals surface area contributed by atoms with Gasteiger partial charge >= 0.3 is 0 Å². The average Bonchev–Trinajstić information content (AvgIpc) is 2.48. The van der Waals surface area contributed by atoms with Crippen LogP contribution in [0.3, 0.4) is 0 Å². The van der Waals surface area contributed by atoms with Gasteiger partial charge in [0.05, 0.1) is 13.2 Å². The van der Waals surface area contributed by atoms with Crippen molar-refractivity contribution in [3.63, 3.8) is 0 Å². The molecule has 2 rings (SSSR count). The number of hydrogen-bond acceptors (Lipinski definition) is 4. The van der Waals surface area contributed by atoms with E-state index in [0.717, 1.165) is 13.1 Å². The van der Waals surface area contributed by atoms with Crippen LogP contribution in [0.25, 0.3) is 0 Å². The van der Waals surface area contributed by atoms with E-state index in [4.69, 9.17) is 4.74 Å². The molecule has 1 aromatic carbocycles. The number of hydrogen-bond donors (Lipinski definition) is 1. The maximum atomic E-state index is 12.2. The van der Waals surface area contributed by atoms with Crippen LogP contribution < -0.4 is 5.32 Å². The topological polar surface area (TPSA) is 57.2 Å². The normalized spacial score (nSPS) is 15.9. The Morgan fingerprint density at radius 1 is 1.25 bits per heavy atom. The number of carbonyl (C=O) groups is 1. The molecule has 1 N–H and O–H groups in total. The van der Waals surface area contributed by atoms with Crippen molar-refractivity contribution in [3.8, 4) is 0 Å². The number of guanidine groups is 1. The first-order valence-electron chi connectivity index (χ1n) is 6.62. The molecule has 108 valence electrons. The lowest BCUT2D eigenvalue weighted by Crippen LogP contribution is -2.49. The molecule has 1 heterocycles. The molecule has 0 aromatic heterocycles. The predicted octanol–water partition coefficient (Wildman–Crippen LogP) is 0.581. The van der Waals surface area contributed by atoms with Crippen LogP contribution >= 0.6 is 0 Å². The lowest BCUT2D eigenvalue weighted by atomic mass is 10.2. The fourth-order valence-electron chi connectivity index (χ4n) is 1.90. The van der Waals surface area contributed by atoms with E-state index in [9.17, 15) is 4.79 Å². The van der Waals surface area contributed by atoms with Crippen molar-refractivity contribution in [3.05, 3.63) is 35.9 Å². The predicted molar refractivity (Wildman–Crippen MR) is 77.4 cm³/mol. The van der Waals surface area contributed by atoms with E-state index < -0.39 is 0 Å². The molecule has 0 aliphatic carbocycles. The summed E-state index contributed by atoms with van der Waals surface area (Å²) in [6.45, 7) is 2.74. The van der Waals surface area contributed by atoms with Crippen LogP contribution in [0.1, 0.15) is 10.4 Å². The number of carbonyl (C=O) groups excluding carboxylic acids is 1. The van der Waals surface area contributed by atoms with Gasteiger partial charge in [-0.1, -0.05) is 18.2 Å². The van der Waals surface area contributed by atoms with Crippen molar-refractivity contribution in [2.45, 2.75) is 0 Å². The van der Waals surface area contributed by atoms with Crippen molar-refractivity contribution in [1.82, 2.24) is 15.2 Å². The van der Waals surface area contributed by atoms with Crippen molar-refractivity contribution < 1.29 is 9.53 Å². The van der Waals surface area contributed by atoms with Crippen molar-refractivity contribution in [2.24, 2.45) is 5.10 Å². The summed E-state index contributed by atoms with van der Waals surface area (Å²) in [4.78, 5) is 14.2. The first kappa shape index (κ1) is 14.3. The summed E-state index contributed by atoms with van der Waals surface area (Å²) in [6.07, 6.45) is 0. The van der Waals surface area contributed by atoms with E-state index >= 15 is 0 Å². The zero-order valence-corrected chi connectivity index (χ0v) is 11.9. The summed E-state index contributed by atoms with van der Waals surface area (Å²) in [5.41, 5.74) is 0.618. The molecule has 1 aliphatic heterocycles. The molecule has 1 aromatic rings. The fraction of sp³-hybridized carbons (Fsp3) is 0.429. The number of morpholine rings is 1. The maximum absolute atomic E-state index is 12.2. The Hall–Kier alpha value is -2.08. The summed E-state index contributed by atoms with van der Waals surface area (Å²) in [6, 6.07) is 9.12. The van der Waals surface area contributed by atoms with Crippen LogP contribution in [-0.4, -0.2) is 62.2 Å². The third-order valence-electron chi connectivity index (χ3n) is 2.87. The summed E-state index contributed by atoms with van der Waals surface area (Å²) < 4.78 is 5.32. The van der Waals surface area contributed by atoms with Gasteiger partial charge in [0, 0.05) is 32.7 Å². The Balaban J connectivity index is 2.10. The van der Waals surface area contributed by atoms with Crippen LogP contribution in [0.5, 0.6) is 0 Å². The molecule has 6 heteroatoms. The summed E-state index contributed by atoms with van der Waals surface area (Å²) >= 11 is 0. The van der Waals surface area contributed by atoms with Crippen LogP contribution in [0, 0.1) is 0 Å². The van der Waals surface area contributed by atoms with Gasteiger partial charge in [0.15, 0.2) is 0 Å². The van der Waals surface area contributed by atoms with Gasteiger partial charge in [0.2, 0.25) is 5.96 Å². The highest BCUT2D eigenvalue weighted by atomic mass is 16.5. The van der Waals surface area contributed by atoms with Crippen LogP contribution in [0.15, 0.2) is 35.4 Å². The number of nitrogens with one attached hydrogen (secondary N) is 1. The van der Waals surface area contributed by atoms with Gasteiger partial charge in [-0.05, 0) is 12.1 Å². The molecule has 1 fully saturated rings. The van der Waals surface area contributed by atoms with E-state index in [1.54, 1.807) is 17.1 Å². The number of nitrogens with zero attached hydrogens (tertiary/aromatic N) is 3. The molecule has 0 spiro atoms. The molecule has 1 amide bonds. The zero-order chi connectivity index (χ0) is 14.4. The quantitative estimate of drug-likeness (QED) is 0.488. The van der Waals surface area contributed by atoms with Gasteiger partial charge in [-0.3, -0.25) is 15.1 Å². The fourth-order valence-corrected chi connectivity index (χ4v) is 1.90. The number of hydrazone groups is 1. The third kappa shape index (κ3) is 3.96. The van der Waals surface area contributed by atoms with Gasteiger partial charge in [0.1, 0.15) is 0 Å². The molecule has 20 heavy (non-hydrogen) atoms. The third-order valence-corrected chi connectivity index (χ3v) is 2.87. The SMILES string of the molecule is CN(C)/N=C(\NC(=O)c1ccccc1)N1CCOCC1. The largest absolute Gasteiger partial charge is 0.378 e. The van der Waals surface area contributed by atoms with Gasteiger partial charge in [0.25, 0.3) is 5.91 Å². The zero-order valence-electron chi connectivity index (χ0n) is 11.9. The van der Waals surface area contributed by atoms with Crippen molar-refractivity contribution >= 4 is 11.9 Å². The lowest BCUT2D eigenvalue weighted by Gasteiger charge is -2.30. The van der Waals surface area contributed by atoms with E-state index in [1.165, 1.54) is 0 Å². The van der Waals surface area contributed by atoms with E-state index in [0.29, 0.717) is 24.7 Å². The molecule has 1 aliphatic rings. The smallest absolute Gasteiger partial charge is 0.258 e. The second kappa shape index (κ2) is 6.91. The molecule has 0 radical (unpaired) electrons. The Bertz CT molecular complexity index is 467. The second-order valence-corrected chi connectivity index (χ2v) is 4.69. The highest BCUT2D eigenvalue weighted by molar-refractivity contribution is 6.05. The Morgan fingerprint density at radius 2 is 1.90 bits per heavy atom. The van der Waals surface area contributed by atoms with Crippen molar-refractivity contribution in [2.75, 3.05) is 40.4 Å². The molecule has 0 unspecified atom stereocenters. The summed E-state index contributed by atoms with van der Waals surface area (Å²) in [5, 5.41) is 8.91. The maximum Gasteiger partial charge on any atom is 0.258 e. The molecule has 1 saturated heterocycles. The van der Waals surface area contributed by atoms with Crippen LogP contribution in [-0.2, 0) is 4.74 Å². The molecule has 0 bridgehead atoms. The van der Waals surface area contributed by atoms with Crippen molar-refractivity contribution in [1.29, 1.82) is 0 Å². The summed E-state index contributed by atoms with van der Waals surface area (Å²) in [7, 11) is 3.66. The van der Waals surface area contributed by atoms with E-state index in [2.05, 4.69) is 10.4 Å². The first-order valence-corrected chi connectivity index (χ1v) is 6.62. The minimum atomic E-state index is -0.155. The summed E-state index contributed by atoms with van der Waals surface area (Å²) in [5.74, 6) is 0.407. The Morgan fingerprint density at radius 3 is 2.50 bits per heavy atom. The van der Waals surface area contributed by atoms with Gasteiger partial charge < -0.3 is 9.64 Å². The van der Waals surface area contributed by atoms with Crippen LogP contribution in [0.2, 0.25) is 0 Å². The Labute approximate surface area is 119 Å².